The maximum atomic E-state index is 13.2. The molecule has 2 aromatic rings. The normalized spacial score (nSPS) is 15.6. The molecule has 0 atom stereocenters. The highest BCUT2D eigenvalue weighted by atomic mass is 16.5. The molecule has 1 aliphatic rings. The van der Waals surface area contributed by atoms with Crippen LogP contribution in [-0.4, -0.2) is 72.5 Å². The molecular weight excluding hydrogens is 386 g/mol. The topological polar surface area (TPSA) is 36.0 Å². The fraction of sp³-hybridized carbons (Fsp3) is 0.500. The van der Waals surface area contributed by atoms with E-state index >= 15 is 0 Å². The summed E-state index contributed by atoms with van der Waals surface area (Å²) in [6.07, 6.45) is 1.04. The van der Waals surface area contributed by atoms with E-state index in [-0.39, 0.29) is 11.4 Å². The minimum Gasteiger partial charge on any atom is -0.497 e. The van der Waals surface area contributed by atoms with Crippen molar-refractivity contribution in [1.82, 2.24) is 14.7 Å². The Morgan fingerprint density at radius 3 is 2.10 bits per heavy atom. The number of piperazine rings is 1. The van der Waals surface area contributed by atoms with Crippen molar-refractivity contribution in [3.8, 4) is 5.75 Å². The van der Waals surface area contributed by atoms with Crippen molar-refractivity contribution < 1.29 is 9.53 Å². The summed E-state index contributed by atoms with van der Waals surface area (Å²) < 4.78 is 5.23. The summed E-state index contributed by atoms with van der Waals surface area (Å²) in [6.45, 7) is 12.5. The third-order valence-electron chi connectivity index (χ3n) is 5.99. The maximum Gasteiger partial charge on any atom is 0.237 e. The average molecular weight is 424 g/mol. The zero-order valence-corrected chi connectivity index (χ0v) is 19.5. The Morgan fingerprint density at radius 2 is 1.52 bits per heavy atom. The van der Waals surface area contributed by atoms with Gasteiger partial charge in [0.1, 0.15) is 5.75 Å². The lowest BCUT2D eigenvalue weighted by molar-refractivity contribution is -0.138. The van der Waals surface area contributed by atoms with E-state index in [1.165, 1.54) is 11.1 Å². The third kappa shape index (κ3) is 7.08. The highest BCUT2D eigenvalue weighted by molar-refractivity contribution is 5.79. The Morgan fingerprint density at radius 1 is 0.903 bits per heavy atom. The first-order chi connectivity index (χ1) is 14.8. The summed E-state index contributed by atoms with van der Waals surface area (Å²) in [5.41, 5.74) is 2.31. The monoisotopic (exact) mass is 423 g/mol. The van der Waals surface area contributed by atoms with Crippen molar-refractivity contribution in [2.24, 2.45) is 0 Å². The van der Waals surface area contributed by atoms with Crippen molar-refractivity contribution >= 4 is 5.91 Å². The lowest BCUT2D eigenvalue weighted by Gasteiger charge is -2.39. The van der Waals surface area contributed by atoms with E-state index < -0.39 is 0 Å². The van der Waals surface area contributed by atoms with Gasteiger partial charge in [-0.15, -0.1) is 0 Å². The van der Waals surface area contributed by atoms with Crippen LogP contribution in [0, 0.1) is 0 Å². The molecule has 0 N–H and O–H groups in total. The lowest BCUT2D eigenvalue weighted by atomic mass is 10.0. The molecular formula is C26H37N3O2. The Balaban J connectivity index is 1.46. The van der Waals surface area contributed by atoms with Crippen molar-refractivity contribution in [3.05, 3.63) is 65.7 Å². The molecule has 1 saturated heterocycles. The number of carbonyl (C=O) groups excluding carboxylic acids is 1. The van der Waals surface area contributed by atoms with Crippen LogP contribution < -0.4 is 4.74 Å². The number of hydrogen-bond donors (Lipinski definition) is 0. The molecule has 0 saturated carbocycles. The fourth-order valence-corrected chi connectivity index (χ4v) is 3.99. The van der Waals surface area contributed by atoms with Crippen LogP contribution in [-0.2, 0) is 17.8 Å². The SMILES string of the molecule is COc1ccc(CCN2CCN(CC(=O)N(Cc3ccccc3)C(C)(C)C)CC2)cc1. The standard InChI is InChI=1S/C26H37N3O2/c1-26(2,3)29(20-23-8-6-5-7-9-23)25(30)21-28-18-16-27(17-19-28)15-14-22-10-12-24(31-4)13-11-22/h5-13H,14-21H2,1-4H3. The number of ether oxygens (including phenoxy) is 1. The van der Waals surface area contributed by atoms with Gasteiger partial charge in [0.25, 0.3) is 0 Å². The van der Waals surface area contributed by atoms with Crippen LogP contribution in [0.3, 0.4) is 0 Å². The zero-order chi connectivity index (χ0) is 22.3. The number of nitrogens with zero attached hydrogens (tertiary/aromatic N) is 3. The summed E-state index contributed by atoms with van der Waals surface area (Å²) in [4.78, 5) is 20.0. The molecule has 0 radical (unpaired) electrons. The van der Waals surface area contributed by atoms with E-state index in [4.69, 9.17) is 4.74 Å². The van der Waals surface area contributed by atoms with E-state index in [2.05, 4.69) is 54.8 Å². The van der Waals surface area contributed by atoms with E-state index in [1.807, 2.05) is 35.2 Å². The van der Waals surface area contributed by atoms with E-state index in [0.717, 1.165) is 44.9 Å². The Hall–Kier alpha value is -2.37. The summed E-state index contributed by atoms with van der Waals surface area (Å²) in [7, 11) is 1.70. The molecule has 3 rings (SSSR count). The van der Waals surface area contributed by atoms with Crippen LogP contribution >= 0.6 is 0 Å². The summed E-state index contributed by atoms with van der Waals surface area (Å²) >= 11 is 0. The van der Waals surface area contributed by atoms with Gasteiger partial charge in [0.2, 0.25) is 5.91 Å². The maximum absolute atomic E-state index is 13.2. The summed E-state index contributed by atoms with van der Waals surface area (Å²) in [5.74, 6) is 1.11. The van der Waals surface area contributed by atoms with Crippen LogP contribution in [0.15, 0.2) is 54.6 Å². The highest BCUT2D eigenvalue weighted by Crippen LogP contribution is 2.19. The molecule has 0 aromatic heterocycles. The summed E-state index contributed by atoms with van der Waals surface area (Å²) in [5, 5.41) is 0. The molecule has 31 heavy (non-hydrogen) atoms. The molecule has 2 aromatic carbocycles. The van der Waals surface area contributed by atoms with Gasteiger partial charge in [-0.3, -0.25) is 9.69 Å². The van der Waals surface area contributed by atoms with Gasteiger partial charge in [-0.05, 0) is 50.5 Å². The highest BCUT2D eigenvalue weighted by Gasteiger charge is 2.28. The van der Waals surface area contributed by atoms with Crippen molar-refractivity contribution in [3.63, 3.8) is 0 Å². The van der Waals surface area contributed by atoms with Crippen molar-refractivity contribution in [2.45, 2.75) is 39.3 Å². The smallest absolute Gasteiger partial charge is 0.237 e. The number of amides is 1. The average Bonchev–Trinajstić information content (AvgIpc) is 2.77. The molecule has 0 spiro atoms. The van der Waals surface area contributed by atoms with Crippen LogP contribution in [0.1, 0.15) is 31.9 Å². The zero-order valence-electron chi connectivity index (χ0n) is 19.5. The Labute approximate surface area is 187 Å². The minimum atomic E-state index is -0.201. The number of benzene rings is 2. The third-order valence-corrected chi connectivity index (χ3v) is 5.99. The van der Waals surface area contributed by atoms with Gasteiger partial charge >= 0.3 is 0 Å². The lowest BCUT2D eigenvalue weighted by Crippen LogP contribution is -2.53. The second kappa shape index (κ2) is 10.8. The van der Waals surface area contributed by atoms with Crippen LogP contribution in [0.25, 0.3) is 0 Å². The van der Waals surface area contributed by atoms with Crippen molar-refractivity contribution in [1.29, 1.82) is 0 Å². The first kappa shape index (κ1) is 23.3. The predicted molar refractivity (Wildman–Crippen MR) is 126 cm³/mol. The van der Waals surface area contributed by atoms with Gasteiger partial charge < -0.3 is 14.5 Å². The van der Waals surface area contributed by atoms with Gasteiger partial charge in [-0.2, -0.15) is 0 Å². The quantitative estimate of drug-likeness (QED) is 0.649. The number of hydrogen-bond acceptors (Lipinski definition) is 4. The first-order valence-corrected chi connectivity index (χ1v) is 11.3. The van der Waals surface area contributed by atoms with Crippen LogP contribution in [0.4, 0.5) is 0 Å². The molecule has 1 fully saturated rings. The van der Waals surface area contributed by atoms with Gasteiger partial charge in [0.15, 0.2) is 0 Å². The van der Waals surface area contributed by atoms with E-state index in [1.54, 1.807) is 7.11 Å². The van der Waals surface area contributed by atoms with Gasteiger partial charge in [0, 0.05) is 44.8 Å². The van der Waals surface area contributed by atoms with Crippen LogP contribution in [0.2, 0.25) is 0 Å². The van der Waals surface area contributed by atoms with Gasteiger partial charge in [-0.1, -0.05) is 42.5 Å². The van der Waals surface area contributed by atoms with E-state index in [9.17, 15) is 4.79 Å². The molecule has 0 unspecified atom stereocenters. The van der Waals surface area contributed by atoms with Crippen LogP contribution in [0.5, 0.6) is 5.75 Å². The minimum absolute atomic E-state index is 0.201. The second-order valence-electron chi connectivity index (χ2n) is 9.35. The van der Waals surface area contributed by atoms with Crippen molar-refractivity contribution in [2.75, 3.05) is 46.4 Å². The molecule has 0 bridgehead atoms. The molecule has 168 valence electrons. The van der Waals surface area contributed by atoms with Gasteiger partial charge in [-0.25, -0.2) is 0 Å². The second-order valence-corrected chi connectivity index (χ2v) is 9.35. The number of carbonyl (C=O) groups is 1. The molecule has 1 amide bonds. The predicted octanol–water partition coefficient (Wildman–Crippen LogP) is 3.68. The number of methoxy groups -OCH3 is 1. The van der Waals surface area contributed by atoms with Gasteiger partial charge in [0.05, 0.1) is 13.7 Å². The fourth-order valence-electron chi connectivity index (χ4n) is 3.99. The molecule has 5 nitrogen and oxygen atoms in total. The van der Waals surface area contributed by atoms with E-state index in [0.29, 0.717) is 13.1 Å². The Bertz CT molecular complexity index is 807. The molecule has 1 aliphatic heterocycles. The largest absolute Gasteiger partial charge is 0.497 e. The molecule has 0 aliphatic carbocycles. The first-order valence-electron chi connectivity index (χ1n) is 11.3. The Kier molecular flexibility index (Phi) is 8.10. The molecule has 5 heteroatoms. The summed E-state index contributed by atoms with van der Waals surface area (Å²) in [6, 6.07) is 18.6. The number of rotatable bonds is 8. The molecule has 1 heterocycles.